The first-order valence-corrected chi connectivity index (χ1v) is 7.96. The molecule has 0 aliphatic rings. The topological polar surface area (TPSA) is 61.2 Å². The molecular weight excluding hydrogens is 340 g/mol. The highest BCUT2D eigenvalue weighted by Crippen LogP contribution is 2.25. The lowest BCUT2D eigenvalue weighted by Gasteiger charge is -2.16. The van der Waals surface area contributed by atoms with Crippen molar-refractivity contribution in [3.8, 4) is 6.19 Å². The quantitative estimate of drug-likeness (QED) is 0.629. The lowest BCUT2D eigenvalue weighted by atomic mass is 10.2. The number of benzene rings is 2. The van der Waals surface area contributed by atoms with Gasteiger partial charge in [-0.05, 0) is 37.3 Å². The molecule has 0 unspecified atom stereocenters. The first-order chi connectivity index (χ1) is 9.45. The number of hydrogen-bond donors (Lipinski definition) is 0. The van der Waals surface area contributed by atoms with Crippen LogP contribution >= 0.6 is 15.9 Å². The van der Waals surface area contributed by atoms with Crippen LogP contribution in [-0.4, -0.2) is 8.42 Å². The SMILES string of the molecule is Cc1ccc(S(=O)(=O)N(C#N)c2cccc(Br)c2)cc1. The van der Waals surface area contributed by atoms with E-state index in [2.05, 4.69) is 15.9 Å². The molecule has 0 saturated carbocycles. The van der Waals surface area contributed by atoms with Gasteiger partial charge in [-0.15, -0.1) is 0 Å². The van der Waals surface area contributed by atoms with Crippen LogP contribution in [0.5, 0.6) is 0 Å². The predicted molar refractivity (Wildman–Crippen MR) is 80.6 cm³/mol. The Bertz CT molecular complexity index is 765. The lowest BCUT2D eigenvalue weighted by molar-refractivity contribution is 0.596. The summed E-state index contributed by atoms with van der Waals surface area (Å²) in [4.78, 5) is 0.0876. The van der Waals surface area contributed by atoms with Crippen molar-refractivity contribution in [2.45, 2.75) is 11.8 Å². The van der Waals surface area contributed by atoms with Crippen LogP contribution in [0, 0.1) is 18.4 Å². The molecule has 0 aliphatic carbocycles. The second kappa shape index (κ2) is 5.65. The molecule has 20 heavy (non-hydrogen) atoms. The smallest absolute Gasteiger partial charge is 0.200 e. The molecule has 2 rings (SSSR count). The Kier molecular flexibility index (Phi) is 4.12. The first-order valence-electron chi connectivity index (χ1n) is 5.72. The summed E-state index contributed by atoms with van der Waals surface area (Å²) in [5.41, 5.74) is 1.25. The van der Waals surface area contributed by atoms with Gasteiger partial charge in [-0.25, -0.2) is 0 Å². The second-order valence-corrected chi connectivity index (χ2v) is 6.86. The molecule has 0 spiro atoms. The van der Waals surface area contributed by atoms with Crippen LogP contribution in [0.1, 0.15) is 5.56 Å². The number of anilines is 1. The molecule has 2 aromatic rings. The van der Waals surface area contributed by atoms with Gasteiger partial charge in [-0.1, -0.05) is 39.7 Å². The zero-order valence-corrected chi connectivity index (χ0v) is 13.0. The minimum absolute atomic E-state index is 0.0876. The molecule has 0 amide bonds. The number of nitriles is 1. The summed E-state index contributed by atoms with van der Waals surface area (Å²) in [5.74, 6) is 0. The highest BCUT2D eigenvalue weighted by molar-refractivity contribution is 9.10. The number of rotatable bonds is 3. The Morgan fingerprint density at radius 1 is 1.15 bits per heavy atom. The first kappa shape index (κ1) is 14.6. The van der Waals surface area contributed by atoms with Crippen LogP contribution in [-0.2, 0) is 10.0 Å². The normalized spacial score (nSPS) is 10.8. The van der Waals surface area contributed by atoms with Crippen molar-refractivity contribution in [1.82, 2.24) is 0 Å². The molecule has 0 radical (unpaired) electrons. The maximum absolute atomic E-state index is 12.5. The minimum Gasteiger partial charge on any atom is -0.200 e. The van der Waals surface area contributed by atoms with Crippen molar-refractivity contribution in [2.24, 2.45) is 0 Å². The molecule has 0 bridgehead atoms. The minimum atomic E-state index is -3.89. The van der Waals surface area contributed by atoms with Crippen LogP contribution in [0.25, 0.3) is 0 Å². The Morgan fingerprint density at radius 2 is 1.80 bits per heavy atom. The monoisotopic (exact) mass is 350 g/mol. The molecule has 0 heterocycles. The third-order valence-corrected chi connectivity index (χ3v) is 4.83. The van der Waals surface area contributed by atoms with Crippen LogP contribution in [0.2, 0.25) is 0 Å². The third-order valence-electron chi connectivity index (χ3n) is 2.69. The highest BCUT2D eigenvalue weighted by atomic mass is 79.9. The predicted octanol–water partition coefficient (Wildman–Crippen LogP) is 3.43. The van der Waals surface area contributed by atoms with Crippen molar-refractivity contribution in [1.29, 1.82) is 5.26 Å². The molecule has 0 saturated heterocycles. The second-order valence-electron chi connectivity index (χ2n) is 4.16. The lowest BCUT2D eigenvalue weighted by Crippen LogP contribution is -2.25. The van der Waals surface area contributed by atoms with E-state index in [4.69, 9.17) is 0 Å². The maximum Gasteiger partial charge on any atom is 0.276 e. The van der Waals surface area contributed by atoms with Gasteiger partial charge in [0.1, 0.15) is 0 Å². The summed E-state index contributed by atoms with van der Waals surface area (Å²) in [6, 6.07) is 13.0. The Labute approximate surface area is 126 Å². The molecule has 6 heteroatoms. The Balaban J connectivity index is 2.51. The van der Waals surface area contributed by atoms with Crippen LogP contribution in [0.15, 0.2) is 57.9 Å². The van der Waals surface area contributed by atoms with Crippen molar-refractivity contribution in [2.75, 3.05) is 4.31 Å². The number of aryl methyl sites for hydroxylation is 1. The standard InChI is InChI=1S/C14H11BrN2O2S/c1-11-5-7-14(8-6-11)20(18,19)17(10-16)13-4-2-3-12(15)9-13/h2-9H,1H3. The van der Waals surface area contributed by atoms with Gasteiger partial charge in [-0.2, -0.15) is 18.0 Å². The number of sulfonamides is 1. The van der Waals surface area contributed by atoms with E-state index in [1.165, 1.54) is 12.1 Å². The average molecular weight is 351 g/mol. The van der Waals surface area contributed by atoms with Gasteiger partial charge >= 0.3 is 0 Å². The summed E-state index contributed by atoms with van der Waals surface area (Å²) in [7, 11) is -3.89. The Morgan fingerprint density at radius 3 is 2.35 bits per heavy atom. The fourth-order valence-corrected chi connectivity index (χ4v) is 3.24. The zero-order chi connectivity index (χ0) is 14.8. The van der Waals surface area contributed by atoms with Crippen molar-refractivity contribution < 1.29 is 8.42 Å². The van der Waals surface area contributed by atoms with Gasteiger partial charge in [0.05, 0.1) is 10.6 Å². The molecule has 0 aliphatic heterocycles. The average Bonchev–Trinajstić information content (AvgIpc) is 2.40. The molecule has 0 N–H and O–H groups in total. The largest absolute Gasteiger partial charge is 0.276 e. The molecule has 4 nitrogen and oxygen atoms in total. The molecule has 0 fully saturated rings. The van der Waals surface area contributed by atoms with E-state index < -0.39 is 10.0 Å². The molecular formula is C14H11BrN2O2S. The van der Waals surface area contributed by atoms with Crippen molar-refractivity contribution in [3.63, 3.8) is 0 Å². The van der Waals surface area contributed by atoms with Crippen LogP contribution in [0.3, 0.4) is 0 Å². The van der Waals surface area contributed by atoms with E-state index in [0.29, 0.717) is 14.5 Å². The van der Waals surface area contributed by atoms with Gasteiger partial charge in [-0.3, -0.25) is 0 Å². The van der Waals surface area contributed by atoms with Gasteiger partial charge in [0.15, 0.2) is 6.19 Å². The summed E-state index contributed by atoms with van der Waals surface area (Å²) < 4.78 is 26.4. The molecule has 102 valence electrons. The number of hydrogen-bond acceptors (Lipinski definition) is 3. The summed E-state index contributed by atoms with van der Waals surface area (Å²) >= 11 is 3.26. The summed E-state index contributed by atoms with van der Waals surface area (Å²) in [6.45, 7) is 1.87. The van der Waals surface area contributed by atoms with E-state index in [0.717, 1.165) is 5.56 Å². The van der Waals surface area contributed by atoms with E-state index >= 15 is 0 Å². The Hall–Kier alpha value is -1.84. The van der Waals surface area contributed by atoms with Gasteiger partial charge in [0, 0.05) is 4.47 Å². The fraction of sp³-hybridized carbons (Fsp3) is 0.0714. The van der Waals surface area contributed by atoms with E-state index in [-0.39, 0.29) is 4.90 Å². The van der Waals surface area contributed by atoms with Gasteiger partial charge in [0.25, 0.3) is 10.0 Å². The van der Waals surface area contributed by atoms with Gasteiger partial charge < -0.3 is 0 Å². The third kappa shape index (κ3) is 2.84. The number of nitrogens with zero attached hydrogens (tertiary/aromatic N) is 2. The van der Waals surface area contributed by atoms with E-state index in [1.54, 1.807) is 42.6 Å². The summed E-state index contributed by atoms with van der Waals surface area (Å²) in [5, 5.41) is 9.20. The van der Waals surface area contributed by atoms with Crippen LogP contribution in [0.4, 0.5) is 5.69 Å². The number of halogens is 1. The van der Waals surface area contributed by atoms with Crippen molar-refractivity contribution in [3.05, 3.63) is 58.6 Å². The summed E-state index contributed by atoms with van der Waals surface area (Å²) in [6.07, 6.45) is 1.72. The molecule has 0 aromatic heterocycles. The van der Waals surface area contributed by atoms with Crippen LogP contribution < -0.4 is 4.31 Å². The van der Waals surface area contributed by atoms with E-state index in [9.17, 15) is 13.7 Å². The van der Waals surface area contributed by atoms with Crippen molar-refractivity contribution >= 4 is 31.6 Å². The zero-order valence-electron chi connectivity index (χ0n) is 10.6. The molecule has 0 atom stereocenters. The van der Waals surface area contributed by atoms with Gasteiger partial charge in [0.2, 0.25) is 0 Å². The maximum atomic E-state index is 12.5. The highest BCUT2D eigenvalue weighted by Gasteiger charge is 2.25. The van der Waals surface area contributed by atoms with E-state index in [1.807, 2.05) is 6.92 Å². The fourth-order valence-electron chi connectivity index (χ4n) is 1.67. The molecule has 2 aromatic carbocycles.